The molecule has 0 spiro atoms. The summed E-state index contributed by atoms with van der Waals surface area (Å²) in [6, 6.07) is 9.06. The van der Waals surface area contributed by atoms with Crippen molar-refractivity contribution in [3.05, 3.63) is 24.3 Å². The third-order valence-electron chi connectivity index (χ3n) is 6.80. The Morgan fingerprint density at radius 3 is 2.86 bits per heavy atom. The fourth-order valence-corrected chi connectivity index (χ4v) is 5.33. The van der Waals surface area contributed by atoms with E-state index in [2.05, 4.69) is 46.5 Å². The monoisotopic (exact) mass is 386 g/mol. The number of rotatable bonds is 4. The summed E-state index contributed by atoms with van der Waals surface area (Å²) in [6.07, 6.45) is 3.84. The zero-order valence-corrected chi connectivity index (χ0v) is 17.6. The predicted octanol–water partition coefficient (Wildman–Crippen LogP) is 2.64. The van der Waals surface area contributed by atoms with E-state index in [4.69, 9.17) is 9.47 Å². The maximum atomic E-state index is 5.93. The van der Waals surface area contributed by atoms with Crippen LogP contribution in [-0.2, 0) is 4.74 Å². The Kier molecular flexibility index (Phi) is 5.41. The molecule has 0 bridgehead atoms. The van der Waals surface area contributed by atoms with E-state index in [1.807, 2.05) is 19.2 Å². The van der Waals surface area contributed by atoms with Gasteiger partial charge in [0.15, 0.2) is 5.96 Å². The number of fused-ring (bicyclic) bond motifs is 1. The van der Waals surface area contributed by atoms with Crippen molar-refractivity contribution < 1.29 is 9.47 Å². The van der Waals surface area contributed by atoms with Crippen LogP contribution >= 0.6 is 0 Å². The molecule has 1 aliphatic carbocycles. The Hall–Kier alpha value is -1.95. The first kappa shape index (κ1) is 19.4. The van der Waals surface area contributed by atoms with Crippen molar-refractivity contribution in [3.63, 3.8) is 0 Å². The van der Waals surface area contributed by atoms with Crippen LogP contribution in [0.25, 0.3) is 0 Å². The molecule has 1 aromatic carbocycles. The van der Waals surface area contributed by atoms with E-state index in [0.717, 1.165) is 50.7 Å². The molecule has 3 fully saturated rings. The van der Waals surface area contributed by atoms with E-state index in [1.165, 1.54) is 5.69 Å². The molecule has 1 aromatic rings. The highest BCUT2D eigenvalue weighted by Crippen LogP contribution is 2.52. The largest absolute Gasteiger partial charge is 0.495 e. The van der Waals surface area contributed by atoms with Gasteiger partial charge in [-0.25, -0.2) is 0 Å². The van der Waals surface area contributed by atoms with Crippen LogP contribution in [-0.4, -0.2) is 58.0 Å². The van der Waals surface area contributed by atoms with Crippen molar-refractivity contribution in [3.8, 4) is 5.75 Å². The van der Waals surface area contributed by atoms with Crippen LogP contribution in [0.5, 0.6) is 5.75 Å². The van der Waals surface area contributed by atoms with Crippen LogP contribution in [0.1, 0.15) is 33.1 Å². The second-order valence-electron chi connectivity index (χ2n) is 8.86. The van der Waals surface area contributed by atoms with E-state index in [0.29, 0.717) is 24.1 Å². The van der Waals surface area contributed by atoms with Crippen molar-refractivity contribution in [2.24, 2.45) is 16.3 Å². The topological polar surface area (TPSA) is 58.1 Å². The summed E-state index contributed by atoms with van der Waals surface area (Å²) in [5.41, 5.74) is 1.32. The lowest BCUT2D eigenvalue weighted by atomic mass is 9.57. The number of ether oxygens (including phenoxy) is 2. The van der Waals surface area contributed by atoms with E-state index >= 15 is 0 Å². The SMILES string of the molecule is CN=C(NC1CCCN(c2ccccc2OC)C1)NC1C2CCOC2C1(C)C. The fourth-order valence-electron chi connectivity index (χ4n) is 5.33. The summed E-state index contributed by atoms with van der Waals surface area (Å²) in [7, 11) is 3.61. The number of nitrogens with zero attached hydrogens (tertiary/aromatic N) is 2. The zero-order valence-electron chi connectivity index (χ0n) is 17.6. The highest BCUT2D eigenvalue weighted by atomic mass is 16.5. The van der Waals surface area contributed by atoms with Crippen LogP contribution < -0.4 is 20.3 Å². The number of aliphatic imine (C=N–C) groups is 1. The Morgan fingerprint density at radius 2 is 2.07 bits per heavy atom. The molecule has 28 heavy (non-hydrogen) atoms. The van der Waals surface area contributed by atoms with Gasteiger partial charge in [-0.15, -0.1) is 0 Å². The Balaban J connectivity index is 1.39. The minimum absolute atomic E-state index is 0.148. The quantitative estimate of drug-likeness (QED) is 0.615. The van der Waals surface area contributed by atoms with E-state index in [-0.39, 0.29) is 5.41 Å². The average Bonchev–Trinajstić information content (AvgIpc) is 3.18. The molecule has 154 valence electrons. The molecule has 1 saturated carbocycles. The maximum absolute atomic E-state index is 5.93. The number of nitrogens with one attached hydrogen (secondary N) is 2. The summed E-state index contributed by atoms with van der Waals surface area (Å²) >= 11 is 0. The van der Waals surface area contributed by atoms with Crippen molar-refractivity contribution in [2.75, 3.05) is 38.8 Å². The lowest BCUT2D eigenvalue weighted by Gasteiger charge is -2.55. The molecule has 3 aliphatic rings. The molecule has 4 atom stereocenters. The van der Waals surface area contributed by atoms with Crippen LogP contribution in [0.2, 0.25) is 0 Å². The fraction of sp³-hybridized carbons (Fsp3) is 0.682. The predicted molar refractivity (Wildman–Crippen MR) is 113 cm³/mol. The van der Waals surface area contributed by atoms with Gasteiger partial charge in [0.25, 0.3) is 0 Å². The molecule has 4 rings (SSSR count). The first-order valence-corrected chi connectivity index (χ1v) is 10.5. The van der Waals surface area contributed by atoms with Crippen molar-refractivity contribution in [1.82, 2.24) is 10.6 Å². The highest BCUT2D eigenvalue weighted by Gasteiger charge is 2.59. The lowest BCUT2D eigenvalue weighted by molar-refractivity contribution is -0.106. The van der Waals surface area contributed by atoms with Crippen molar-refractivity contribution in [1.29, 1.82) is 0 Å². The van der Waals surface area contributed by atoms with Crippen molar-refractivity contribution >= 4 is 11.6 Å². The molecule has 2 N–H and O–H groups in total. The summed E-state index contributed by atoms with van der Waals surface area (Å²) in [6.45, 7) is 7.49. The van der Waals surface area contributed by atoms with E-state index < -0.39 is 0 Å². The third-order valence-corrected chi connectivity index (χ3v) is 6.80. The third kappa shape index (κ3) is 3.43. The van der Waals surface area contributed by atoms with Gasteiger partial charge in [-0.1, -0.05) is 26.0 Å². The number of methoxy groups -OCH3 is 1. The maximum Gasteiger partial charge on any atom is 0.191 e. The molecule has 6 heteroatoms. The van der Waals surface area contributed by atoms with Gasteiger partial charge in [-0.05, 0) is 31.4 Å². The summed E-state index contributed by atoms with van der Waals surface area (Å²) in [5.74, 6) is 2.45. The minimum atomic E-state index is 0.148. The molecule has 6 nitrogen and oxygen atoms in total. The van der Waals surface area contributed by atoms with E-state index in [1.54, 1.807) is 7.11 Å². The van der Waals surface area contributed by atoms with Crippen LogP contribution in [0, 0.1) is 11.3 Å². The number of hydrogen-bond acceptors (Lipinski definition) is 4. The first-order valence-electron chi connectivity index (χ1n) is 10.5. The lowest BCUT2D eigenvalue weighted by Crippen LogP contribution is -2.68. The first-order chi connectivity index (χ1) is 13.5. The van der Waals surface area contributed by atoms with Crippen LogP contribution in [0.4, 0.5) is 5.69 Å². The zero-order chi connectivity index (χ0) is 19.7. The van der Waals surface area contributed by atoms with Crippen molar-refractivity contribution in [2.45, 2.75) is 51.3 Å². The molecule has 2 heterocycles. The minimum Gasteiger partial charge on any atom is -0.495 e. The molecule has 4 unspecified atom stereocenters. The van der Waals surface area contributed by atoms with Gasteiger partial charge >= 0.3 is 0 Å². The number of anilines is 1. The van der Waals surface area contributed by atoms with Gasteiger partial charge in [0.2, 0.25) is 0 Å². The van der Waals surface area contributed by atoms with Gasteiger partial charge in [0.05, 0.1) is 18.9 Å². The summed E-state index contributed by atoms with van der Waals surface area (Å²) in [4.78, 5) is 6.94. The van der Waals surface area contributed by atoms with Crippen LogP contribution in [0.15, 0.2) is 29.3 Å². The number of guanidine groups is 1. The molecular weight excluding hydrogens is 352 g/mol. The number of benzene rings is 1. The summed E-state index contributed by atoms with van der Waals surface area (Å²) < 4.78 is 11.5. The van der Waals surface area contributed by atoms with Gasteiger partial charge < -0.3 is 25.0 Å². The molecule has 2 saturated heterocycles. The standard InChI is InChI=1S/C22H34N4O2/c1-22(2)19(16-11-13-28-20(16)22)25-21(23-3)24-15-8-7-12-26(14-15)17-9-5-6-10-18(17)27-4/h5-6,9-10,15-16,19-20H,7-8,11-14H2,1-4H3,(H2,23,24,25). The van der Waals surface area contributed by atoms with Gasteiger partial charge in [0, 0.05) is 50.2 Å². The number of para-hydroxylation sites is 2. The molecule has 2 aliphatic heterocycles. The van der Waals surface area contributed by atoms with E-state index in [9.17, 15) is 0 Å². The normalized spacial score (nSPS) is 31.7. The Morgan fingerprint density at radius 1 is 1.25 bits per heavy atom. The number of hydrogen-bond donors (Lipinski definition) is 2. The second-order valence-corrected chi connectivity index (χ2v) is 8.86. The van der Waals surface area contributed by atoms with Gasteiger partial charge in [0.1, 0.15) is 5.75 Å². The highest BCUT2D eigenvalue weighted by molar-refractivity contribution is 5.80. The van der Waals surface area contributed by atoms with Crippen LogP contribution in [0.3, 0.4) is 0 Å². The molecule has 0 radical (unpaired) electrons. The molecule has 0 aromatic heterocycles. The second kappa shape index (κ2) is 7.82. The van der Waals surface area contributed by atoms with Gasteiger partial charge in [-0.3, -0.25) is 4.99 Å². The number of piperidine rings is 1. The molecular formula is C22H34N4O2. The smallest absolute Gasteiger partial charge is 0.191 e. The molecule has 0 amide bonds. The van der Waals surface area contributed by atoms with Gasteiger partial charge in [-0.2, -0.15) is 0 Å². The Labute approximate surface area is 168 Å². The summed E-state index contributed by atoms with van der Waals surface area (Å²) in [5, 5.41) is 7.38. The average molecular weight is 387 g/mol. The Bertz CT molecular complexity index is 720.